The molecular weight excluding hydrogens is 358 g/mol. The largest absolute Gasteiger partial charge is 0.461 e. The zero-order valence-electron chi connectivity index (χ0n) is 11.9. The lowest BCUT2D eigenvalue weighted by molar-refractivity contribution is 0.0521. The molecule has 0 bridgehead atoms. The van der Waals surface area contributed by atoms with Crippen molar-refractivity contribution in [3.63, 3.8) is 0 Å². The molecule has 7 heteroatoms. The zero-order chi connectivity index (χ0) is 15.7. The SMILES string of the molecule is CCOC(=O)c1nc(C)n(-c2cc(Cl)c(C)cc2Br)c1N. The summed E-state index contributed by atoms with van der Waals surface area (Å²) in [5.74, 6) is 0.272. The van der Waals surface area contributed by atoms with Gasteiger partial charge in [-0.15, -0.1) is 0 Å². The van der Waals surface area contributed by atoms with Crippen LogP contribution in [-0.2, 0) is 4.74 Å². The molecule has 2 aromatic rings. The van der Waals surface area contributed by atoms with Crippen LogP contribution in [0, 0.1) is 13.8 Å². The molecule has 0 aliphatic heterocycles. The van der Waals surface area contributed by atoms with Crippen molar-refractivity contribution in [2.45, 2.75) is 20.8 Å². The van der Waals surface area contributed by atoms with Gasteiger partial charge in [0.05, 0.1) is 12.3 Å². The van der Waals surface area contributed by atoms with Gasteiger partial charge >= 0.3 is 5.97 Å². The average Bonchev–Trinajstić information content (AvgIpc) is 2.70. The minimum atomic E-state index is -0.536. The fourth-order valence-electron chi connectivity index (χ4n) is 2.01. The predicted molar refractivity (Wildman–Crippen MR) is 86.1 cm³/mol. The van der Waals surface area contributed by atoms with E-state index in [2.05, 4.69) is 20.9 Å². The monoisotopic (exact) mass is 371 g/mol. The summed E-state index contributed by atoms with van der Waals surface area (Å²) in [6, 6.07) is 3.67. The van der Waals surface area contributed by atoms with E-state index in [0.717, 1.165) is 15.7 Å². The third kappa shape index (κ3) is 2.91. The van der Waals surface area contributed by atoms with Gasteiger partial charge in [-0.05, 0) is 54.4 Å². The molecule has 112 valence electrons. The van der Waals surface area contributed by atoms with E-state index in [1.807, 2.05) is 13.0 Å². The van der Waals surface area contributed by atoms with Crippen molar-refractivity contribution < 1.29 is 9.53 Å². The lowest BCUT2D eigenvalue weighted by Crippen LogP contribution is -2.09. The smallest absolute Gasteiger partial charge is 0.360 e. The summed E-state index contributed by atoms with van der Waals surface area (Å²) in [6.45, 7) is 5.67. The van der Waals surface area contributed by atoms with E-state index in [9.17, 15) is 4.79 Å². The summed E-state index contributed by atoms with van der Waals surface area (Å²) in [5, 5.41) is 0.610. The quantitative estimate of drug-likeness (QED) is 0.835. The van der Waals surface area contributed by atoms with Crippen LogP contribution in [0.3, 0.4) is 0 Å². The van der Waals surface area contributed by atoms with Crippen LogP contribution in [0.2, 0.25) is 5.02 Å². The molecule has 0 saturated heterocycles. The molecule has 0 spiro atoms. The van der Waals surface area contributed by atoms with E-state index in [4.69, 9.17) is 22.1 Å². The molecule has 1 aromatic carbocycles. The maximum Gasteiger partial charge on any atom is 0.360 e. The Morgan fingerprint density at radius 3 is 2.76 bits per heavy atom. The van der Waals surface area contributed by atoms with Gasteiger partial charge in [0.1, 0.15) is 11.6 Å². The molecule has 2 rings (SSSR count). The summed E-state index contributed by atoms with van der Waals surface area (Å²) in [4.78, 5) is 16.1. The molecule has 0 aliphatic carbocycles. The van der Waals surface area contributed by atoms with Crippen LogP contribution in [0.1, 0.15) is 28.8 Å². The third-order valence-corrected chi connectivity index (χ3v) is 4.06. The van der Waals surface area contributed by atoms with Crippen LogP contribution in [-0.4, -0.2) is 22.1 Å². The maximum absolute atomic E-state index is 11.9. The number of ether oxygens (including phenoxy) is 1. The summed E-state index contributed by atoms with van der Waals surface area (Å²) in [6.07, 6.45) is 0. The molecule has 0 atom stereocenters. The number of hydrogen-bond acceptors (Lipinski definition) is 4. The highest BCUT2D eigenvalue weighted by atomic mass is 79.9. The number of imidazole rings is 1. The first-order valence-electron chi connectivity index (χ1n) is 6.34. The lowest BCUT2D eigenvalue weighted by Gasteiger charge is -2.12. The minimum absolute atomic E-state index is 0.109. The van der Waals surface area contributed by atoms with Crippen molar-refractivity contribution in [2.75, 3.05) is 12.3 Å². The second-order valence-electron chi connectivity index (χ2n) is 4.50. The van der Waals surface area contributed by atoms with E-state index in [1.165, 1.54) is 0 Å². The number of halogens is 2. The van der Waals surface area contributed by atoms with Crippen molar-refractivity contribution in [1.82, 2.24) is 9.55 Å². The first kappa shape index (κ1) is 15.9. The molecular formula is C14H15BrClN3O2. The van der Waals surface area contributed by atoms with Crippen LogP contribution < -0.4 is 5.73 Å². The van der Waals surface area contributed by atoms with Crippen molar-refractivity contribution in [1.29, 1.82) is 0 Å². The summed E-state index contributed by atoms with van der Waals surface area (Å²) in [5.41, 5.74) is 7.83. The number of carbonyl (C=O) groups is 1. The fourth-order valence-corrected chi connectivity index (χ4v) is 2.80. The number of nitrogens with two attached hydrogens (primary N) is 1. The number of aryl methyl sites for hydroxylation is 2. The van der Waals surface area contributed by atoms with Gasteiger partial charge < -0.3 is 10.5 Å². The highest BCUT2D eigenvalue weighted by Gasteiger charge is 2.22. The van der Waals surface area contributed by atoms with Gasteiger partial charge in [-0.2, -0.15) is 0 Å². The average molecular weight is 373 g/mol. The molecule has 0 aliphatic rings. The number of hydrogen-bond donors (Lipinski definition) is 1. The Kier molecular flexibility index (Phi) is 4.58. The van der Waals surface area contributed by atoms with E-state index in [-0.39, 0.29) is 18.1 Å². The number of rotatable bonds is 3. The Balaban J connectivity index is 2.60. The molecule has 5 nitrogen and oxygen atoms in total. The zero-order valence-corrected chi connectivity index (χ0v) is 14.2. The third-order valence-electron chi connectivity index (χ3n) is 3.02. The number of aromatic nitrogens is 2. The van der Waals surface area contributed by atoms with Gasteiger partial charge in [0, 0.05) is 9.50 Å². The molecule has 0 fully saturated rings. The lowest BCUT2D eigenvalue weighted by atomic mass is 10.2. The number of carbonyl (C=O) groups excluding carboxylic acids is 1. The second kappa shape index (κ2) is 6.07. The Labute approximate surface area is 136 Å². The molecule has 2 N–H and O–H groups in total. The molecule has 0 saturated carbocycles. The molecule has 1 heterocycles. The highest BCUT2D eigenvalue weighted by molar-refractivity contribution is 9.10. The second-order valence-corrected chi connectivity index (χ2v) is 5.76. The normalized spacial score (nSPS) is 10.7. The molecule has 1 aromatic heterocycles. The van der Waals surface area contributed by atoms with Crippen LogP contribution in [0.4, 0.5) is 5.82 Å². The van der Waals surface area contributed by atoms with Crippen LogP contribution in [0.15, 0.2) is 16.6 Å². The maximum atomic E-state index is 11.9. The van der Waals surface area contributed by atoms with Crippen LogP contribution in [0.5, 0.6) is 0 Å². The summed E-state index contributed by atoms with van der Waals surface area (Å²) < 4.78 is 7.43. The minimum Gasteiger partial charge on any atom is -0.461 e. The number of anilines is 1. The van der Waals surface area contributed by atoms with Gasteiger partial charge in [-0.3, -0.25) is 4.57 Å². The number of esters is 1. The molecule has 0 radical (unpaired) electrons. The van der Waals surface area contributed by atoms with Crippen LogP contribution in [0.25, 0.3) is 5.69 Å². The van der Waals surface area contributed by atoms with Gasteiger partial charge in [0.15, 0.2) is 5.69 Å². The highest BCUT2D eigenvalue weighted by Crippen LogP contribution is 2.31. The Morgan fingerprint density at radius 1 is 1.48 bits per heavy atom. The van der Waals surface area contributed by atoms with Crippen LogP contribution >= 0.6 is 27.5 Å². The Morgan fingerprint density at radius 2 is 2.14 bits per heavy atom. The van der Waals surface area contributed by atoms with E-state index < -0.39 is 5.97 Å². The van der Waals surface area contributed by atoms with Gasteiger partial charge in [-0.1, -0.05) is 11.6 Å². The number of benzene rings is 1. The Hall–Kier alpha value is -1.53. The number of nitrogens with zero attached hydrogens (tertiary/aromatic N) is 2. The van der Waals surface area contributed by atoms with Crippen molar-refractivity contribution in [3.8, 4) is 5.69 Å². The first-order valence-corrected chi connectivity index (χ1v) is 7.51. The molecule has 0 unspecified atom stereocenters. The van der Waals surface area contributed by atoms with Crippen molar-refractivity contribution in [3.05, 3.63) is 38.7 Å². The van der Waals surface area contributed by atoms with Gasteiger partial charge in [0.2, 0.25) is 0 Å². The van der Waals surface area contributed by atoms with Gasteiger partial charge in [0.25, 0.3) is 0 Å². The van der Waals surface area contributed by atoms with Crippen molar-refractivity contribution >= 4 is 39.3 Å². The van der Waals surface area contributed by atoms with Gasteiger partial charge in [-0.25, -0.2) is 9.78 Å². The summed E-state index contributed by atoms with van der Waals surface area (Å²) >= 11 is 9.66. The predicted octanol–water partition coefficient (Wildman–Crippen LogP) is 3.66. The topological polar surface area (TPSA) is 70.1 Å². The Bertz CT molecular complexity index is 713. The van der Waals surface area contributed by atoms with E-state index >= 15 is 0 Å². The molecule has 0 amide bonds. The van der Waals surface area contributed by atoms with E-state index in [1.54, 1.807) is 24.5 Å². The summed E-state index contributed by atoms with van der Waals surface area (Å²) in [7, 11) is 0. The molecule has 21 heavy (non-hydrogen) atoms. The fraction of sp³-hybridized carbons (Fsp3) is 0.286. The number of nitrogen functional groups attached to an aromatic ring is 1. The van der Waals surface area contributed by atoms with E-state index in [0.29, 0.717) is 10.8 Å². The first-order chi connectivity index (χ1) is 9.86. The standard InChI is InChI=1S/C14H15BrClN3O2/c1-4-21-14(20)12-13(17)19(8(3)18-12)11-6-10(16)7(2)5-9(11)15/h5-6H,4,17H2,1-3H3. The van der Waals surface area contributed by atoms with Crippen molar-refractivity contribution in [2.24, 2.45) is 0 Å².